The van der Waals surface area contributed by atoms with Crippen LogP contribution < -0.4 is 5.73 Å². The molecule has 2 N–H and O–H groups in total. The van der Waals surface area contributed by atoms with Gasteiger partial charge < -0.3 is 15.5 Å². The summed E-state index contributed by atoms with van der Waals surface area (Å²) in [6.45, 7) is 0.0970. The van der Waals surface area contributed by atoms with Crippen molar-refractivity contribution in [3.63, 3.8) is 0 Å². The molecule has 0 saturated carbocycles. The summed E-state index contributed by atoms with van der Waals surface area (Å²) in [5.41, 5.74) is 8.50. The minimum Gasteiger partial charge on any atom is -0.399 e. The number of nitrogens with two attached hydrogens (primary N) is 1. The average Bonchev–Trinajstić information content (AvgIpc) is 3.51. The molecule has 0 spiro atoms. The van der Waals surface area contributed by atoms with Gasteiger partial charge in [0.1, 0.15) is 18.1 Å². The Morgan fingerprint density at radius 2 is 1.66 bits per heavy atom. The lowest BCUT2D eigenvalue weighted by Gasteiger charge is -2.37. The smallest absolute Gasteiger partial charge is 0.248 e. The molecule has 35 heavy (non-hydrogen) atoms. The lowest BCUT2D eigenvalue weighted by molar-refractivity contribution is -0.144. The number of primary amides is 1. The van der Waals surface area contributed by atoms with Crippen molar-refractivity contribution in [1.82, 2.24) is 13.6 Å². The summed E-state index contributed by atoms with van der Waals surface area (Å²) in [5.74, 6) is -1.57. The third kappa shape index (κ3) is 3.83. The molecule has 2 heterocycles. The Bertz CT molecular complexity index is 1370. The second kappa shape index (κ2) is 9.27. The summed E-state index contributed by atoms with van der Waals surface area (Å²) in [6, 6.07) is 24.4. The lowest BCUT2D eigenvalue weighted by Crippen LogP contribution is -2.54. The zero-order chi connectivity index (χ0) is 24.4. The minimum atomic E-state index is -1.49. The molecular weight excluding hydrogens is 462 g/mol. The second-order valence-corrected chi connectivity index (χ2v) is 8.89. The van der Waals surface area contributed by atoms with Crippen LogP contribution in [0.15, 0.2) is 84.0 Å². The quantitative estimate of drug-likeness (QED) is 0.421. The number of nitrogens with zero attached hydrogens (tertiary/aromatic N) is 4. The summed E-state index contributed by atoms with van der Waals surface area (Å²) < 4.78 is 8.75. The molecular formula is C26H23N5O3S. The monoisotopic (exact) mass is 485 g/mol. The van der Waals surface area contributed by atoms with Crippen LogP contribution in [-0.4, -0.2) is 44.8 Å². The number of benzene rings is 3. The van der Waals surface area contributed by atoms with Gasteiger partial charge in [-0.3, -0.25) is 9.59 Å². The van der Waals surface area contributed by atoms with Gasteiger partial charge in [-0.1, -0.05) is 78.0 Å². The summed E-state index contributed by atoms with van der Waals surface area (Å²) >= 11 is 1.05. The summed E-state index contributed by atoms with van der Waals surface area (Å²) in [7, 11) is 1.44. The number of rotatable bonds is 6. The van der Waals surface area contributed by atoms with Gasteiger partial charge in [0, 0.05) is 12.0 Å². The van der Waals surface area contributed by atoms with Crippen LogP contribution in [-0.2, 0) is 20.0 Å². The third-order valence-corrected chi connectivity index (χ3v) is 6.94. The predicted octanol–water partition coefficient (Wildman–Crippen LogP) is 3.44. The van der Waals surface area contributed by atoms with Crippen LogP contribution in [0.3, 0.4) is 0 Å². The van der Waals surface area contributed by atoms with Crippen LogP contribution in [0.2, 0.25) is 0 Å². The highest BCUT2D eigenvalue weighted by Crippen LogP contribution is 2.43. The highest BCUT2D eigenvalue weighted by Gasteiger charge is 2.55. The fraction of sp³-hybridized carbons (Fsp3) is 0.192. The van der Waals surface area contributed by atoms with Gasteiger partial charge >= 0.3 is 0 Å². The van der Waals surface area contributed by atoms with Crippen molar-refractivity contribution < 1.29 is 14.4 Å². The molecule has 3 aromatic carbocycles. The molecule has 1 aromatic heterocycles. The van der Waals surface area contributed by atoms with Crippen LogP contribution in [0, 0.1) is 0 Å². The molecule has 1 saturated heterocycles. The van der Waals surface area contributed by atoms with E-state index in [2.05, 4.69) is 13.9 Å². The zero-order valence-electron chi connectivity index (χ0n) is 19.0. The Morgan fingerprint density at radius 1 is 1.00 bits per heavy atom. The van der Waals surface area contributed by atoms with Crippen molar-refractivity contribution in [2.75, 3.05) is 13.7 Å². The molecule has 1 atom stereocenters. The number of carbonyl (C=O) groups is 2. The van der Waals surface area contributed by atoms with Crippen molar-refractivity contribution in [2.45, 2.75) is 17.9 Å². The van der Waals surface area contributed by atoms with Gasteiger partial charge in [-0.05, 0) is 17.2 Å². The van der Waals surface area contributed by atoms with Crippen molar-refractivity contribution in [3.05, 3.63) is 95.6 Å². The fourth-order valence-corrected chi connectivity index (χ4v) is 5.43. The van der Waals surface area contributed by atoms with Crippen molar-refractivity contribution >= 4 is 40.3 Å². The number of fused-ring (bicyclic) bond motifs is 1. The predicted molar refractivity (Wildman–Crippen MR) is 134 cm³/mol. The Labute approximate surface area is 206 Å². The first-order chi connectivity index (χ1) is 17.1. The molecule has 0 bridgehead atoms. The van der Waals surface area contributed by atoms with Crippen molar-refractivity contribution in [2.24, 2.45) is 10.9 Å². The van der Waals surface area contributed by atoms with Crippen LogP contribution in [0.1, 0.15) is 29.0 Å². The van der Waals surface area contributed by atoms with Crippen LogP contribution >= 0.6 is 11.7 Å². The minimum absolute atomic E-state index is 0.0970. The maximum Gasteiger partial charge on any atom is 0.248 e. The highest BCUT2D eigenvalue weighted by atomic mass is 32.1. The number of oxime groups is 1. The normalized spacial score (nSPS) is 18.9. The van der Waals surface area contributed by atoms with Gasteiger partial charge in [-0.15, -0.1) is 0 Å². The number of hydrogen-bond donors (Lipinski definition) is 1. The first-order valence-electron chi connectivity index (χ1n) is 11.1. The van der Waals surface area contributed by atoms with Gasteiger partial charge in [0.2, 0.25) is 11.8 Å². The van der Waals surface area contributed by atoms with E-state index in [9.17, 15) is 9.59 Å². The number of hydrogen-bond acceptors (Lipinski definition) is 7. The molecule has 0 aliphatic carbocycles. The number of carbonyl (C=O) groups excluding carboxylic acids is 2. The molecule has 176 valence electrons. The van der Waals surface area contributed by atoms with E-state index in [0.717, 1.165) is 22.9 Å². The molecule has 8 nitrogen and oxygen atoms in total. The lowest BCUT2D eigenvalue weighted by atomic mass is 9.83. The first-order valence-corrected chi connectivity index (χ1v) is 11.8. The summed E-state index contributed by atoms with van der Waals surface area (Å²) in [4.78, 5) is 34.4. The highest BCUT2D eigenvalue weighted by molar-refractivity contribution is 7.00. The Balaban J connectivity index is 1.72. The second-order valence-electron chi connectivity index (χ2n) is 8.36. The molecule has 2 amide bonds. The van der Waals surface area contributed by atoms with Crippen LogP contribution in [0.5, 0.6) is 0 Å². The molecule has 1 unspecified atom stereocenters. The summed E-state index contributed by atoms with van der Waals surface area (Å²) in [5, 5.41) is 4.11. The van der Waals surface area contributed by atoms with Crippen molar-refractivity contribution in [3.8, 4) is 0 Å². The molecule has 1 fully saturated rings. The maximum absolute atomic E-state index is 14.5. The van der Waals surface area contributed by atoms with E-state index in [1.807, 2.05) is 66.7 Å². The van der Waals surface area contributed by atoms with Gasteiger partial charge in [0.15, 0.2) is 5.54 Å². The molecule has 5 rings (SSSR count). The van der Waals surface area contributed by atoms with E-state index in [1.54, 1.807) is 12.1 Å². The molecule has 4 aromatic rings. The Morgan fingerprint density at radius 3 is 2.26 bits per heavy atom. The van der Waals surface area contributed by atoms with Crippen molar-refractivity contribution in [1.29, 1.82) is 0 Å². The number of amides is 2. The molecule has 0 radical (unpaired) electrons. The van der Waals surface area contributed by atoms with E-state index in [-0.39, 0.29) is 18.9 Å². The topological polar surface area (TPSA) is 111 Å². The van der Waals surface area contributed by atoms with E-state index in [0.29, 0.717) is 22.3 Å². The molecule has 9 heteroatoms. The number of aromatic nitrogens is 2. The van der Waals surface area contributed by atoms with E-state index < -0.39 is 17.4 Å². The van der Waals surface area contributed by atoms with E-state index >= 15 is 0 Å². The van der Waals surface area contributed by atoms with Crippen LogP contribution in [0.25, 0.3) is 11.0 Å². The largest absolute Gasteiger partial charge is 0.399 e. The maximum atomic E-state index is 14.5. The van der Waals surface area contributed by atoms with Gasteiger partial charge in [0.05, 0.1) is 29.9 Å². The fourth-order valence-electron chi connectivity index (χ4n) is 4.88. The zero-order valence-corrected chi connectivity index (χ0v) is 19.8. The molecule has 1 aliphatic heterocycles. The van der Waals surface area contributed by atoms with Gasteiger partial charge in [-0.25, -0.2) is 0 Å². The standard InChI is InChI=1S/C26H23N5O3S/c1-34-28-19-15-26(25(27)33,20-13-8-14-21-23(20)30-35-29-21)31(16-19)24(32)22(17-9-4-2-5-10-17)18-11-6-3-7-12-18/h2-14,22H,15-16H2,1H3,(H2,27,33). The van der Waals surface area contributed by atoms with Gasteiger partial charge in [0.25, 0.3) is 0 Å². The Kier molecular flexibility index (Phi) is 6.00. The van der Waals surface area contributed by atoms with E-state index in [1.165, 1.54) is 12.0 Å². The first kappa shape index (κ1) is 22.7. The van der Waals surface area contributed by atoms with Crippen LogP contribution in [0.4, 0.5) is 0 Å². The summed E-state index contributed by atoms with van der Waals surface area (Å²) in [6.07, 6.45) is 0.106. The SMILES string of the molecule is CON=C1CN(C(=O)C(c2ccccc2)c2ccccc2)C(C(N)=O)(c2cccc3nsnc23)C1. The van der Waals surface area contributed by atoms with Gasteiger partial charge in [-0.2, -0.15) is 8.75 Å². The van der Waals surface area contributed by atoms with E-state index in [4.69, 9.17) is 10.6 Å². The Hall–Kier alpha value is -4.11. The average molecular weight is 486 g/mol. The third-order valence-electron chi connectivity index (χ3n) is 6.40. The molecule has 1 aliphatic rings. The number of likely N-dealkylation sites (tertiary alicyclic amines) is 1.